The Balaban J connectivity index is 1.49. The fourth-order valence-corrected chi connectivity index (χ4v) is 2.95. The van der Waals surface area contributed by atoms with Crippen LogP contribution in [-0.2, 0) is 6.54 Å². The van der Waals surface area contributed by atoms with E-state index in [2.05, 4.69) is 15.6 Å². The summed E-state index contributed by atoms with van der Waals surface area (Å²) in [5.41, 5.74) is 1.49. The Morgan fingerprint density at radius 3 is 2.68 bits per heavy atom. The quantitative estimate of drug-likeness (QED) is 0.897. The molecule has 1 unspecified atom stereocenters. The number of nitrogens with zero attached hydrogens (tertiary/aromatic N) is 2. The third-order valence-corrected chi connectivity index (χ3v) is 4.22. The van der Waals surface area contributed by atoms with Gasteiger partial charge in [0.05, 0.1) is 12.2 Å². The summed E-state index contributed by atoms with van der Waals surface area (Å²) in [6.45, 7) is 1.64. The highest BCUT2D eigenvalue weighted by Gasteiger charge is 2.25. The number of aromatic nitrogens is 1. The first-order chi connectivity index (χ1) is 12.2. The van der Waals surface area contributed by atoms with E-state index in [0.717, 1.165) is 25.1 Å². The van der Waals surface area contributed by atoms with Crippen LogP contribution in [0.25, 0.3) is 0 Å². The molecule has 2 N–H and O–H groups in total. The summed E-state index contributed by atoms with van der Waals surface area (Å²) in [5.74, 6) is 0.0148. The summed E-state index contributed by atoms with van der Waals surface area (Å²) in [4.78, 5) is 30.6. The molecule has 6 nitrogen and oxygen atoms in total. The Hall–Kier alpha value is -2.89. The van der Waals surface area contributed by atoms with Crippen molar-refractivity contribution >= 4 is 11.9 Å². The van der Waals surface area contributed by atoms with E-state index in [0.29, 0.717) is 18.7 Å². The second-order valence-corrected chi connectivity index (χ2v) is 6.10. The van der Waals surface area contributed by atoms with E-state index in [4.69, 9.17) is 0 Å². The van der Waals surface area contributed by atoms with Crippen molar-refractivity contribution in [2.75, 3.05) is 13.1 Å². The van der Waals surface area contributed by atoms with Gasteiger partial charge in [-0.2, -0.15) is 0 Å². The lowest BCUT2D eigenvalue weighted by atomic mass is 10.0. The number of piperidine rings is 1. The van der Waals surface area contributed by atoms with Crippen molar-refractivity contribution < 1.29 is 9.59 Å². The van der Waals surface area contributed by atoms with E-state index in [9.17, 15) is 9.59 Å². The fraction of sp³-hybridized carbons (Fsp3) is 0.316. The molecule has 2 aromatic rings. The first-order valence-corrected chi connectivity index (χ1v) is 8.51. The summed E-state index contributed by atoms with van der Waals surface area (Å²) in [6.07, 6.45) is 3.45. The maximum absolute atomic E-state index is 12.5. The molecule has 1 aliphatic heterocycles. The van der Waals surface area contributed by atoms with Gasteiger partial charge in [0, 0.05) is 30.9 Å². The zero-order chi connectivity index (χ0) is 17.5. The zero-order valence-electron chi connectivity index (χ0n) is 14.0. The van der Waals surface area contributed by atoms with E-state index in [1.165, 1.54) is 0 Å². The van der Waals surface area contributed by atoms with Crippen molar-refractivity contribution in [2.24, 2.45) is 0 Å². The number of urea groups is 1. The summed E-state index contributed by atoms with van der Waals surface area (Å²) >= 11 is 0. The molecule has 3 amide bonds. The first kappa shape index (κ1) is 17.0. The highest BCUT2D eigenvalue weighted by molar-refractivity contribution is 5.94. The van der Waals surface area contributed by atoms with E-state index < -0.39 is 0 Å². The van der Waals surface area contributed by atoms with Gasteiger partial charge < -0.3 is 15.5 Å². The predicted octanol–water partition coefficient (Wildman–Crippen LogP) is 2.19. The molecule has 25 heavy (non-hydrogen) atoms. The molecule has 1 atom stereocenters. The van der Waals surface area contributed by atoms with Crippen molar-refractivity contribution in [3.05, 3.63) is 66.0 Å². The molecule has 0 bridgehead atoms. The Labute approximate surface area is 147 Å². The number of carbonyl (C=O) groups excluding carboxylic acids is 2. The van der Waals surface area contributed by atoms with Crippen molar-refractivity contribution in [3.63, 3.8) is 0 Å². The minimum Gasteiger partial charge on any atom is -0.337 e. The molecule has 1 aromatic carbocycles. The van der Waals surface area contributed by atoms with Gasteiger partial charge in [0.1, 0.15) is 0 Å². The van der Waals surface area contributed by atoms with Crippen molar-refractivity contribution in [3.8, 4) is 0 Å². The number of hydrogen-bond donors (Lipinski definition) is 2. The number of amides is 3. The fourth-order valence-electron chi connectivity index (χ4n) is 2.95. The number of hydrogen-bond acceptors (Lipinski definition) is 3. The molecule has 0 aliphatic carbocycles. The van der Waals surface area contributed by atoms with Crippen LogP contribution in [0.1, 0.15) is 28.9 Å². The first-order valence-electron chi connectivity index (χ1n) is 8.51. The number of likely N-dealkylation sites (tertiary alicyclic amines) is 1. The van der Waals surface area contributed by atoms with Gasteiger partial charge in [-0.15, -0.1) is 0 Å². The van der Waals surface area contributed by atoms with Crippen molar-refractivity contribution in [2.45, 2.75) is 25.4 Å². The van der Waals surface area contributed by atoms with E-state index in [-0.39, 0.29) is 18.0 Å². The SMILES string of the molecule is O=C(NCc1ccccn1)NC1CCCN(C(=O)c2ccccc2)C1. The van der Waals surface area contributed by atoms with Crippen LogP contribution >= 0.6 is 0 Å². The maximum Gasteiger partial charge on any atom is 0.315 e. The van der Waals surface area contributed by atoms with Crippen LogP contribution < -0.4 is 10.6 Å². The molecular weight excluding hydrogens is 316 g/mol. The van der Waals surface area contributed by atoms with Gasteiger partial charge in [0.2, 0.25) is 0 Å². The highest BCUT2D eigenvalue weighted by Crippen LogP contribution is 2.14. The Kier molecular flexibility index (Phi) is 5.61. The third-order valence-electron chi connectivity index (χ3n) is 4.22. The number of pyridine rings is 1. The number of benzene rings is 1. The molecule has 130 valence electrons. The van der Waals surface area contributed by atoms with Gasteiger partial charge in [-0.3, -0.25) is 9.78 Å². The van der Waals surface area contributed by atoms with Gasteiger partial charge in [0.25, 0.3) is 5.91 Å². The predicted molar refractivity (Wildman–Crippen MR) is 95.0 cm³/mol. The van der Waals surface area contributed by atoms with Crippen LogP contribution in [0, 0.1) is 0 Å². The van der Waals surface area contributed by atoms with E-state index in [1.807, 2.05) is 53.4 Å². The Bertz CT molecular complexity index is 706. The normalized spacial score (nSPS) is 17.0. The van der Waals surface area contributed by atoms with Crippen LogP contribution in [0.15, 0.2) is 54.7 Å². The van der Waals surface area contributed by atoms with Crippen molar-refractivity contribution in [1.82, 2.24) is 20.5 Å². The molecule has 6 heteroatoms. The van der Waals surface area contributed by atoms with E-state index >= 15 is 0 Å². The summed E-state index contributed by atoms with van der Waals surface area (Å²) in [5, 5.41) is 5.76. The Morgan fingerprint density at radius 1 is 1.12 bits per heavy atom. The number of nitrogens with one attached hydrogen (secondary N) is 2. The molecule has 2 heterocycles. The molecule has 1 saturated heterocycles. The van der Waals surface area contributed by atoms with Gasteiger partial charge in [-0.05, 0) is 37.1 Å². The Morgan fingerprint density at radius 2 is 1.92 bits per heavy atom. The molecule has 1 aromatic heterocycles. The smallest absolute Gasteiger partial charge is 0.315 e. The second kappa shape index (κ2) is 8.28. The average molecular weight is 338 g/mol. The van der Waals surface area contributed by atoms with Crippen LogP contribution in [0.4, 0.5) is 4.79 Å². The van der Waals surface area contributed by atoms with Gasteiger partial charge in [-0.1, -0.05) is 24.3 Å². The molecule has 1 aliphatic rings. The van der Waals surface area contributed by atoms with Crippen molar-refractivity contribution in [1.29, 1.82) is 0 Å². The van der Waals surface area contributed by atoms with Gasteiger partial charge in [0.15, 0.2) is 0 Å². The monoisotopic (exact) mass is 338 g/mol. The van der Waals surface area contributed by atoms with Crippen LogP contribution in [0.2, 0.25) is 0 Å². The summed E-state index contributed by atoms with van der Waals surface area (Å²) in [6, 6.07) is 14.6. The largest absolute Gasteiger partial charge is 0.337 e. The van der Waals surface area contributed by atoms with Crippen LogP contribution in [-0.4, -0.2) is 41.0 Å². The van der Waals surface area contributed by atoms with Gasteiger partial charge >= 0.3 is 6.03 Å². The molecule has 3 rings (SSSR count). The maximum atomic E-state index is 12.5. The number of carbonyl (C=O) groups is 2. The standard InChI is InChI=1S/C19H22N4O2/c24-18(15-7-2-1-3-8-15)23-12-6-10-17(14-23)22-19(25)21-13-16-9-4-5-11-20-16/h1-5,7-9,11,17H,6,10,12-14H2,(H2,21,22,25). The topological polar surface area (TPSA) is 74.3 Å². The van der Waals surface area contributed by atoms with Gasteiger partial charge in [-0.25, -0.2) is 4.79 Å². The summed E-state index contributed by atoms with van der Waals surface area (Å²) < 4.78 is 0. The molecule has 0 saturated carbocycles. The minimum absolute atomic E-state index is 0.0148. The summed E-state index contributed by atoms with van der Waals surface area (Å²) in [7, 11) is 0. The average Bonchev–Trinajstić information content (AvgIpc) is 2.67. The lowest BCUT2D eigenvalue weighted by Gasteiger charge is -2.33. The van der Waals surface area contributed by atoms with E-state index in [1.54, 1.807) is 6.20 Å². The highest BCUT2D eigenvalue weighted by atomic mass is 16.2. The third kappa shape index (κ3) is 4.79. The van der Waals surface area contributed by atoms with Crippen LogP contribution in [0.5, 0.6) is 0 Å². The minimum atomic E-state index is -0.232. The molecule has 1 fully saturated rings. The molecule has 0 radical (unpaired) electrons. The lowest BCUT2D eigenvalue weighted by molar-refractivity contribution is 0.0697. The molecule has 0 spiro atoms. The number of rotatable bonds is 4. The second-order valence-electron chi connectivity index (χ2n) is 6.10. The van der Waals surface area contributed by atoms with Crippen LogP contribution in [0.3, 0.4) is 0 Å². The lowest BCUT2D eigenvalue weighted by Crippen LogP contribution is -2.51. The molecular formula is C19H22N4O2. The zero-order valence-corrected chi connectivity index (χ0v) is 14.0.